The summed E-state index contributed by atoms with van der Waals surface area (Å²) < 4.78 is 0. The zero-order valence-corrected chi connectivity index (χ0v) is 12.6. The summed E-state index contributed by atoms with van der Waals surface area (Å²) in [5.74, 6) is 0. The average Bonchev–Trinajstić information content (AvgIpc) is 2.51. The van der Waals surface area contributed by atoms with E-state index in [1.807, 2.05) is 0 Å². The first-order valence-electron chi connectivity index (χ1n) is 6.74. The maximum Gasteiger partial charge on any atom is 0.278 e. The van der Waals surface area contributed by atoms with Crippen molar-refractivity contribution in [3.8, 4) is 0 Å². The first-order chi connectivity index (χ1) is 7.41. The quantitative estimate of drug-likeness (QED) is 0.625. The Morgan fingerprint density at radius 2 is 1.38 bits per heavy atom. The maximum absolute atomic E-state index is 3.87. The molecular weight excluding hydrogens is 214 g/mol. The van der Waals surface area contributed by atoms with Gasteiger partial charge in [-0.15, -0.1) is 0 Å². The minimum Gasteiger partial charge on any atom is -0.311 e. The van der Waals surface area contributed by atoms with Gasteiger partial charge in [-0.1, -0.05) is 40.5 Å². The Bertz CT molecular complexity index is 190. The monoisotopic (exact) mass is 243 g/mol. The lowest BCUT2D eigenvalue weighted by Gasteiger charge is -2.36. The van der Waals surface area contributed by atoms with Crippen LogP contribution in [-0.4, -0.2) is 26.7 Å². The highest BCUT2D eigenvalue weighted by molar-refractivity contribution is 6.71. The van der Waals surface area contributed by atoms with Crippen LogP contribution in [0.5, 0.6) is 0 Å². The van der Waals surface area contributed by atoms with Crippen LogP contribution < -0.4 is 14.9 Å². The van der Waals surface area contributed by atoms with Gasteiger partial charge >= 0.3 is 0 Å². The van der Waals surface area contributed by atoms with Crippen LogP contribution >= 0.6 is 0 Å². The molecule has 4 heteroatoms. The van der Waals surface area contributed by atoms with Crippen molar-refractivity contribution in [2.75, 3.05) is 0 Å². The van der Waals surface area contributed by atoms with E-state index < -0.39 is 8.56 Å². The third kappa shape index (κ3) is 4.95. The van der Waals surface area contributed by atoms with Gasteiger partial charge in [0, 0.05) is 6.04 Å². The molecule has 1 aliphatic rings. The molecule has 16 heavy (non-hydrogen) atoms. The van der Waals surface area contributed by atoms with E-state index in [-0.39, 0.29) is 0 Å². The van der Waals surface area contributed by atoms with Gasteiger partial charge < -0.3 is 14.9 Å². The van der Waals surface area contributed by atoms with E-state index in [1.165, 1.54) is 25.7 Å². The lowest BCUT2D eigenvalue weighted by molar-refractivity contribution is 0.568. The number of hydrogen-bond acceptors (Lipinski definition) is 3. The molecule has 0 aromatic carbocycles. The van der Waals surface area contributed by atoms with Crippen molar-refractivity contribution in [2.24, 2.45) is 0 Å². The molecule has 0 saturated heterocycles. The summed E-state index contributed by atoms with van der Waals surface area (Å²) >= 11 is 0. The normalized spacial score (nSPS) is 18.9. The number of hydrogen-bond donors (Lipinski definition) is 3. The van der Waals surface area contributed by atoms with Gasteiger partial charge in [-0.25, -0.2) is 0 Å². The highest BCUT2D eigenvalue weighted by Gasteiger charge is 2.33. The highest BCUT2D eigenvalue weighted by Crippen LogP contribution is 2.18. The van der Waals surface area contributed by atoms with E-state index in [4.69, 9.17) is 0 Å². The molecule has 1 rings (SSSR count). The number of rotatable bonds is 6. The summed E-state index contributed by atoms with van der Waals surface area (Å²) in [5, 5.41) is 0. The largest absolute Gasteiger partial charge is 0.311 e. The zero-order chi connectivity index (χ0) is 12.2. The molecule has 0 heterocycles. The molecule has 1 saturated carbocycles. The Morgan fingerprint density at radius 3 is 1.75 bits per heavy atom. The lowest BCUT2D eigenvalue weighted by atomic mass is 10.3. The fraction of sp³-hybridized carbons (Fsp3) is 1.00. The van der Waals surface area contributed by atoms with Gasteiger partial charge in [-0.2, -0.15) is 0 Å². The molecule has 0 aromatic rings. The summed E-state index contributed by atoms with van der Waals surface area (Å²) in [6.45, 7) is 11.3. The van der Waals surface area contributed by atoms with Crippen LogP contribution in [0, 0.1) is 0 Å². The molecule has 96 valence electrons. The molecule has 0 bridgehead atoms. The van der Waals surface area contributed by atoms with Crippen molar-refractivity contribution >= 4 is 8.56 Å². The smallest absolute Gasteiger partial charge is 0.278 e. The fourth-order valence-electron chi connectivity index (χ4n) is 2.76. The molecule has 3 N–H and O–H groups in total. The Morgan fingerprint density at radius 1 is 0.938 bits per heavy atom. The van der Waals surface area contributed by atoms with Crippen LogP contribution in [0.2, 0.25) is 6.55 Å². The van der Waals surface area contributed by atoms with Crippen LogP contribution in [0.3, 0.4) is 0 Å². The highest BCUT2D eigenvalue weighted by atomic mass is 28.4. The van der Waals surface area contributed by atoms with E-state index in [0.717, 1.165) is 6.04 Å². The Kier molecular flexibility index (Phi) is 5.44. The molecule has 0 unspecified atom stereocenters. The predicted molar refractivity (Wildman–Crippen MR) is 73.6 cm³/mol. The van der Waals surface area contributed by atoms with Crippen molar-refractivity contribution in [3.63, 3.8) is 0 Å². The first kappa shape index (κ1) is 14.2. The van der Waals surface area contributed by atoms with Crippen molar-refractivity contribution < 1.29 is 0 Å². The third-order valence-corrected chi connectivity index (χ3v) is 6.30. The summed E-state index contributed by atoms with van der Waals surface area (Å²) in [6.07, 6.45) is 5.49. The molecule has 0 radical (unpaired) electrons. The average molecular weight is 243 g/mol. The van der Waals surface area contributed by atoms with Crippen LogP contribution in [-0.2, 0) is 0 Å². The van der Waals surface area contributed by atoms with Crippen molar-refractivity contribution in [1.29, 1.82) is 0 Å². The maximum atomic E-state index is 3.87. The Balaban J connectivity index is 2.53. The summed E-state index contributed by atoms with van der Waals surface area (Å²) in [6, 6.07) is 1.81. The molecule has 0 amide bonds. The topological polar surface area (TPSA) is 36.1 Å². The van der Waals surface area contributed by atoms with Gasteiger partial charge in [0.1, 0.15) is 0 Å². The SMILES string of the molecule is CC(C)N[Si](C)(NC(C)C)NC1CCCC1. The van der Waals surface area contributed by atoms with Crippen LogP contribution in [0.1, 0.15) is 53.4 Å². The van der Waals surface area contributed by atoms with Gasteiger partial charge in [0.05, 0.1) is 0 Å². The van der Waals surface area contributed by atoms with Gasteiger partial charge in [0.2, 0.25) is 0 Å². The molecule has 1 fully saturated rings. The van der Waals surface area contributed by atoms with E-state index in [0.29, 0.717) is 12.1 Å². The lowest BCUT2D eigenvalue weighted by Crippen LogP contribution is -2.74. The van der Waals surface area contributed by atoms with Crippen molar-refractivity contribution in [3.05, 3.63) is 0 Å². The van der Waals surface area contributed by atoms with Gasteiger partial charge in [-0.3, -0.25) is 0 Å². The standard InChI is InChI=1S/C12H29N3Si/c1-10(2)13-16(5,14-11(3)4)15-12-8-6-7-9-12/h10-15H,6-9H2,1-5H3. The molecule has 1 aliphatic carbocycles. The third-order valence-electron chi connectivity index (χ3n) is 3.00. The molecular formula is C12H29N3Si. The molecule has 0 aliphatic heterocycles. The fourth-order valence-corrected chi connectivity index (χ4v) is 6.42. The van der Waals surface area contributed by atoms with E-state index >= 15 is 0 Å². The van der Waals surface area contributed by atoms with Crippen LogP contribution in [0.4, 0.5) is 0 Å². The molecule has 0 aromatic heterocycles. The minimum absolute atomic E-state index is 0.539. The van der Waals surface area contributed by atoms with Crippen molar-refractivity contribution in [1.82, 2.24) is 14.9 Å². The molecule has 0 spiro atoms. The van der Waals surface area contributed by atoms with Crippen molar-refractivity contribution in [2.45, 2.75) is 78.1 Å². The summed E-state index contributed by atoms with van der Waals surface area (Å²) in [4.78, 5) is 11.3. The molecule has 0 atom stereocenters. The van der Waals surface area contributed by atoms with Gasteiger partial charge in [0.25, 0.3) is 8.56 Å². The second-order valence-corrected chi connectivity index (χ2v) is 8.96. The van der Waals surface area contributed by atoms with Crippen LogP contribution in [0.25, 0.3) is 0 Å². The Labute approximate surface area is 102 Å². The first-order valence-corrected chi connectivity index (χ1v) is 9.24. The van der Waals surface area contributed by atoms with Crippen LogP contribution in [0.15, 0.2) is 0 Å². The zero-order valence-electron chi connectivity index (χ0n) is 11.6. The van der Waals surface area contributed by atoms with Gasteiger partial charge in [-0.05, 0) is 31.5 Å². The van der Waals surface area contributed by atoms with E-state index in [2.05, 4.69) is 49.2 Å². The Hall–Kier alpha value is 0.0969. The van der Waals surface area contributed by atoms with E-state index in [9.17, 15) is 0 Å². The minimum atomic E-state index is -1.69. The predicted octanol–water partition coefficient (Wildman–Crippen LogP) is 2.08. The van der Waals surface area contributed by atoms with Gasteiger partial charge in [0.15, 0.2) is 0 Å². The second-order valence-electron chi connectivity index (χ2n) is 5.85. The second kappa shape index (κ2) is 6.14. The van der Waals surface area contributed by atoms with E-state index in [1.54, 1.807) is 0 Å². The molecule has 3 nitrogen and oxygen atoms in total. The number of nitrogens with one attached hydrogen (secondary N) is 3. The summed E-state index contributed by atoms with van der Waals surface area (Å²) in [7, 11) is -1.69. The summed E-state index contributed by atoms with van der Waals surface area (Å²) in [5.41, 5.74) is 0.